The summed E-state index contributed by atoms with van der Waals surface area (Å²) in [5.41, 5.74) is 8.96. The lowest BCUT2D eigenvalue weighted by Gasteiger charge is -2.35. The summed E-state index contributed by atoms with van der Waals surface area (Å²) in [6.45, 7) is 3.37. The molecule has 1 aromatic rings. The van der Waals surface area contributed by atoms with Crippen molar-refractivity contribution < 1.29 is 4.74 Å². The standard InChI is InChI=1S/C12H21N3OS/c1-15(7-11-8-17-9-14-11)12(6-13)10-2-4-16-5-3-10/h8-10,12H,2-7,13H2,1H3. The van der Waals surface area contributed by atoms with Crippen LogP contribution in [0.2, 0.25) is 0 Å². The van der Waals surface area contributed by atoms with E-state index in [2.05, 4.69) is 22.3 Å². The predicted molar refractivity (Wildman–Crippen MR) is 70.0 cm³/mol. The molecule has 0 aromatic carbocycles. The van der Waals surface area contributed by atoms with Crippen LogP contribution in [0.15, 0.2) is 10.9 Å². The molecule has 5 heteroatoms. The highest BCUT2D eigenvalue weighted by Crippen LogP contribution is 2.22. The van der Waals surface area contributed by atoms with E-state index in [1.165, 1.54) is 0 Å². The van der Waals surface area contributed by atoms with Crippen LogP contribution in [0.3, 0.4) is 0 Å². The summed E-state index contributed by atoms with van der Waals surface area (Å²) in [4.78, 5) is 6.67. The van der Waals surface area contributed by atoms with Gasteiger partial charge < -0.3 is 10.5 Å². The molecule has 1 aliphatic heterocycles. The van der Waals surface area contributed by atoms with Crippen molar-refractivity contribution in [2.75, 3.05) is 26.8 Å². The molecular formula is C12H21N3OS. The van der Waals surface area contributed by atoms with Crippen LogP contribution < -0.4 is 5.73 Å². The zero-order valence-electron chi connectivity index (χ0n) is 10.3. The third-order valence-electron chi connectivity index (χ3n) is 3.51. The topological polar surface area (TPSA) is 51.4 Å². The highest BCUT2D eigenvalue weighted by molar-refractivity contribution is 7.07. The summed E-state index contributed by atoms with van der Waals surface area (Å²) in [5.74, 6) is 0.664. The Morgan fingerprint density at radius 2 is 2.35 bits per heavy atom. The van der Waals surface area contributed by atoms with Crippen molar-refractivity contribution in [3.05, 3.63) is 16.6 Å². The largest absolute Gasteiger partial charge is 0.381 e. The Kier molecular flexibility index (Phi) is 4.91. The SMILES string of the molecule is CN(Cc1cscn1)C(CN)C1CCOCC1. The molecule has 0 amide bonds. The molecule has 96 valence electrons. The molecule has 4 nitrogen and oxygen atoms in total. The van der Waals surface area contributed by atoms with Crippen molar-refractivity contribution in [3.63, 3.8) is 0 Å². The zero-order valence-corrected chi connectivity index (χ0v) is 11.2. The van der Waals surface area contributed by atoms with Crippen molar-refractivity contribution in [2.45, 2.75) is 25.4 Å². The van der Waals surface area contributed by atoms with Crippen LogP contribution in [0.25, 0.3) is 0 Å². The maximum Gasteiger partial charge on any atom is 0.0795 e. The van der Waals surface area contributed by atoms with Crippen LogP contribution in [0, 0.1) is 5.92 Å². The zero-order chi connectivity index (χ0) is 12.1. The third kappa shape index (κ3) is 3.48. The van der Waals surface area contributed by atoms with E-state index in [9.17, 15) is 0 Å². The Bertz CT molecular complexity index is 312. The van der Waals surface area contributed by atoms with Crippen molar-refractivity contribution >= 4 is 11.3 Å². The van der Waals surface area contributed by atoms with E-state index in [-0.39, 0.29) is 0 Å². The monoisotopic (exact) mass is 255 g/mol. The van der Waals surface area contributed by atoms with Gasteiger partial charge in [-0.1, -0.05) is 0 Å². The van der Waals surface area contributed by atoms with Crippen LogP contribution in [-0.2, 0) is 11.3 Å². The second kappa shape index (κ2) is 6.44. The van der Waals surface area contributed by atoms with E-state index in [4.69, 9.17) is 10.5 Å². The quantitative estimate of drug-likeness (QED) is 0.862. The lowest BCUT2D eigenvalue weighted by atomic mass is 9.91. The van der Waals surface area contributed by atoms with E-state index >= 15 is 0 Å². The number of thiazole rings is 1. The fourth-order valence-electron chi connectivity index (χ4n) is 2.52. The van der Waals surface area contributed by atoms with E-state index in [0.29, 0.717) is 18.5 Å². The van der Waals surface area contributed by atoms with E-state index < -0.39 is 0 Å². The number of nitrogens with two attached hydrogens (primary N) is 1. The smallest absolute Gasteiger partial charge is 0.0795 e. The van der Waals surface area contributed by atoms with Gasteiger partial charge in [0, 0.05) is 37.7 Å². The van der Waals surface area contributed by atoms with E-state index in [0.717, 1.165) is 38.3 Å². The Balaban J connectivity index is 1.92. The molecule has 1 aromatic heterocycles. The van der Waals surface area contributed by atoms with Gasteiger partial charge in [0.2, 0.25) is 0 Å². The molecule has 2 N–H and O–H groups in total. The number of likely N-dealkylation sites (N-methyl/N-ethyl adjacent to an activating group) is 1. The molecule has 0 bridgehead atoms. The van der Waals surface area contributed by atoms with Crippen molar-refractivity contribution in [2.24, 2.45) is 11.7 Å². The summed E-state index contributed by atoms with van der Waals surface area (Å²) < 4.78 is 5.41. The van der Waals surface area contributed by atoms with Gasteiger partial charge in [-0.3, -0.25) is 4.90 Å². The minimum absolute atomic E-state index is 0.445. The first-order valence-corrected chi connectivity index (χ1v) is 7.10. The van der Waals surface area contributed by atoms with Crippen molar-refractivity contribution in [1.82, 2.24) is 9.88 Å². The number of ether oxygens (including phenoxy) is 1. The van der Waals surface area contributed by atoms with Crippen LogP contribution in [-0.4, -0.2) is 42.7 Å². The molecule has 2 heterocycles. The summed E-state index contributed by atoms with van der Waals surface area (Å²) >= 11 is 1.65. The van der Waals surface area contributed by atoms with Gasteiger partial charge in [-0.05, 0) is 25.8 Å². The maximum atomic E-state index is 5.93. The Hall–Kier alpha value is -0.490. The Morgan fingerprint density at radius 3 is 2.94 bits per heavy atom. The summed E-state index contributed by atoms with van der Waals surface area (Å²) in [7, 11) is 2.15. The van der Waals surface area contributed by atoms with Crippen LogP contribution in [0.4, 0.5) is 0 Å². The lowest BCUT2D eigenvalue weighted by Crippen LogP contribution is -2.45. The first-order chi connectivity index (χ1) is 8.31. The van der Waals surface area contributed by atoms with Crippen LogP contribution in [0.1, 0.15) is 18.5 Å². The maximum absolute atomic E-state index is 5.93. The van der Waals surface area contributed by atoms with Gasteiger partial charge in [0.25, 0.3) is 0 Å². The predicted octanol–water partition coefficient (Wildman–Crippen LogP) is 1.33. The normalized spacial score (nSPS) is 19.7. The van der Waals surface area contributed by atoms with Gasteiger partial charge >= 0.3 is 0 Å². The molecule has 1 fully saturated rings. The number of rotatable bonds is 5. The van der Waals surface area contributed by atoms with E-state index in [1.807, 2.05) is 5.51 Å². The van der Waals surface area contributed by atoms with Gasteiger partial charge in [0.05, 0.1) is 11.2 Å². The number of aromatic nitrogens is 1. The van der Waals surface area contributed by atoms with Gasteiger partial charge in [-0.25, -0.2) is 4.98 Å². The number of nitrogens with zero attached hydrogens (tertiary/aromatic N) is 2. The second-order valence-corrected chi connectivity index (χ2v) is 5.37. The molecule has 1 saturated heterocycles. The summed E-state index contributed by atoms with van der Waals surface area (Å²) in [6, 6.07) is 0.445. The van der Waals surface area contributed by atoms with Crippen LogP contribution in [0.5, 0.6) is 0 Å². The average molecular weight is 255 g/mol. The first kappa shape index (κ1) is 13.0. The molecule has 17 heavy (non-hydrogen) atoms. The van der Waals surface area contributed by atoms with Gasteiger partial charge in [-0.2, -0.15) is 0 Å². The minimum Gasteiger partial charge on any atom is -0.381 e. The second-order valence-electron chi connectivity index (χ2n) is 4.65. The van der Waals surface area contributed by atoms with Gasteiger partial charge in [-0.15, -0.1) is 11.3 Å². The Morgan fingerprint density at radius 1 is 1.59 bits per heavy atom. The van der Waals surface area contributed by atoms with Crippen LogP contribution >= 0.6 is 11.3 Å². The number of hydrogen-bond donors (Lipinski definition) is 1. The van der Waals surface area contributed by atoms with E-state index in [1.54, 1.807) is 11.3 Å². The lowest BCUT2D eigenvalue weighted by molar-refractivity contribution is 0.0319. The first-order valence-electron chi connectivity index (χ1n) is 6.16. The molecule has 2 rings (SSSR count). The van der Waals surface area contributed by atoms with Gasteiger partial charge in [0.1, 0.15) is 0 Å². The summed E-state index contributed by atoms with van der Waals surface area (Å²) in [5, 5.41) is 2.11. The molecule has 1 atom stereocenters. The molecule has 1 unspecified atom stereocenters. The minimum atomic E-state index is 0.445. The fourth-order valence-corrected chi connectivity index (χ4v) is 3.07. The molecule has 0 spiro atoms. The highest BCUT2D eigenvalue weighted by Gasteiger charge is 2.26. The highest BCUT2D eigenvalue weighted by atomic mass is 32.1. The summed E-state index contributed by atoms with van der Waals surface area (Å²) in [6.07, 6.45) is 2.26. The molecular weight excluding hydrogens is 234 g/mol. The average Bonchev–Trinajstić information content (AvgIpc) is 2.84. The molecule has 1 aliphatic rings. The molecule has 0 radical (unpaired) electrons. The Labute approximate surface area is 107 Å². The van der Waals surface area contributed by atoms with Crippen molar-refractivity contribution in [1.29, 1.82) is 0 Å². The van der Waals surface area contributed by atoms with Crippen molar-refractivity contribution in [3.8, 4) is 0 Å². The third-order valence-corrected chi connectivity index (χ3v) is 4.15. The number of hydrogen-bond acceptors (Lipinski definition) is 5. The fraction of sp³-hybridized carbons (Fsp3) is 0.750. The molecule has 0 aliphatic carbocycles. The van der Waals surface area contributed by atoms with Gasteiger partial charge in [0.15, 0.2) is 0 Å². The molecule has 0 saturated carbocycles.